The van der Waals surface area contributed by atoms with E-state index in [9.17, 15) is 14.4 Å². The number of rotatable bonds is 3. The van der Waals surface area contributed by atoms with Crippen molar-refractivity contribution in [3.05, 3.63) is 24.0 Å². The monoisotopic (exact) mass is 329 g/mol. The number of urea groups is 2. The van der Waals surface area contributed by atoms with Gasteiger partial charge in [0.2, 0.25) is 5.91 Å². The first-order valence-corrected chi connectivity index (χ1v) is 7.34. The van der Waals surface area contributed by atoms with E-state index < -0.39 is 17.9 Å². The number of pyridine rings is 1. The summed E-state index contributed by atoms with van der Waals surface area (Å²) in [5.74, 6) is -0.758. The average Bonchev–Trinajstić information content (AvgIpc) is 2.54. The summed E-state index contributed by atoms with van der Waals surface area (Å²) in [4.78, 5) is 47.4. The lowest BCUT2D eigenvalue weighted by Gasteiger charge is -2.21. The summed E-state index contributed by atoms with van der Waals surface area (Å²) in [6, 6.07) is 2.38. The Bertz CT molecular complexity index is 823. The van der Waals surface area contributed by atoms with Gasteiger partial charge in [-0.2, -0.15) is 0 Å². The first-order chi connectivity index (χ1) is 11.6. The third kappa shape index (κ3) is 3.21. The molecule has 0 bridgehead atoms. The van der Waals surface area contributed by atoms with Gasteiger partial charge in [-0.1, -0.05) is 0 Å². The van der Waals surface area contributed by atoms with Gasteiger partial charge in [-0.3, -0.25) is 20.4 Å². The van der Waals surface area contributed by atoms with Crippen molar-refractivity contribution in [1.82, 2.24) is 30.9 Å². The zero-order valence-electron chi connectivity index (χ0n) is 12.8. The van der Waals surface area contributed by atoms with Gasteiger partial charge in [0, 0.05) is 13.1 Å². The Hall–Kier alpha value is -3.30. The molecular formula is C14H15N7O3. The average molecular weight is 329 g/mol. The molecule has 1 unspecified atom stereocenters. The first-order valence-electron chi connectivity index (χ1n) is 7.34. The number of carbonyl (C=O) groups excluding carboxylic acids is 3. The lowest BCUT2D eigenvalue weighted by Crippen LogP contribution is -2.51. The Morgan fingerprint density at radius 2 is 2.17 bits per heavy atom. The Balaban J connectivity index is 1.87. The molecule has 1 aliphatic heterocycles. The number of nitrogens with one attached hydrogen (secondary N) is 4. The maximum absolute atomic E-state index is 11.9. The van der Waals surface area contributed by atoms with Gasteiger partial charge in [-0.15, -0.1) is 0 Å². The number of imide groups is 1. The fraction of sp³-hybridized carbons (Fsp3) is 0.286. The van der Waals surface area contributed by atoms with E-state index in [1.54, 1.807) is 19.1 Å². The molecule has 0 aromatic carbocycles. The van der Waals surface area contributed by atoms with Gasteiger partial charge >= 0.3 is 12.1 Å². The summed E-state index contributed by atoms with van der Waals surface area (Å²) < 4.78 is 0. The van der Waals surface area contributed by atoms with Crippen LogP contribution < -0.4 is 21.3 Å². The molecule has 124 valence electrons. The van der Waals surface area contributed by atoms with Gasteiger partial charge in [0.25, 0.3) is 0 Å². The number of anilines is 1. The molecule has 5 amide bonds. The summed E-state index contributed by atoms with van der Waals surface area (Å²) in [6.45, 7) is 2.44. The molecule has 0 spiro atoms. The highest BCUT2D eigenvalue weighted by molar-refractivity contribution is 6.00. The Morgan fingerprint density at radius 3 is 2.92 bits per heavy atom. The fourth-order valence-corrected chi connectivity index (χ4v) is 2.24. The normalized spacial score (nSPS) is 17.1. The molecule has 1 aliphatic rings. The summed E-state index contributed by atoms with van der Waals surface area (Å²) in [6.07, 6.45) is 1.47. The first kappa shape index (κ1) is 15.6. The molecule has 1 atom stereocenters. The molecule has 0 radical (unpaired) electrons. The molecule has 10 heteroatoms. The van der Waals surface area contributed by atoms with Crippen LogP contribution in [-0.2, 0) is 4.79 Å². The Morgan fingerprint density at radius 1 is 1.33 bits per heavy atom. The maximum Gasteiger partial charge on any atom is 0.321 e. The zero-order chi connectivity index (χ0) is 17.1. The van der Waals surface area contributed by atoms with Crippen molar-refractivity contribution in [2.75, 3.05) is 18.4 Å². The number of carbonyl (C=O) groups is 3. The second kappa shape index (κ2) is 6.44. The van der Waals surface area contributed by atoms with Gasteiger partial charge < -0.3 is 10.6 Å². The molecule has 1 saturated heterocycles. The number of aromatic nitrogens is 3. The second-order valence-electron chi connectivity index (χ2n) is 5.07. The Kier molecular flexibility index (Phi) is 4.18. The molecule has 2 aromatic rings. The van der Waals surface area contributed by atoms with E-state index in [0.29, 0.717) is 29.2 Å². The molecule has 24 heavy (non-hydrogen) atoms. The smallest absolute Gasteiger partial charge is 0.321 e. The predicted octanol–water partition coefficient (Wildman–Crippen LogP) is 0.0892. The molecule has 1 fully saturated rings. The maximum atomic E-state index is 11.9. The molecular weight excluding hydrogens is 314 g/mol. The minimum atomic E-state index is -0.638. The number of nitrogens with zero attached hydrogens (tertiary/aromatic N) is 3. The van der Waals surface area contributed by atoms with Crippen molar-refractivity contribution in [1.29, 1.82) is 0 Å². The topological polar surface area (TPSA) is 138 Å². The fourth-order valence-electron chi connectivity index (χ4n) is 2.24. The van der Waals surface area contributed by atoms with Crippen LogP contribution in [0.1, 0.15) is 18.5 Å². The summed E-state index contributed by atoms with van der Waals surface area (Å²) in [5.41, 5.74) is 1.22. The van der Waals surface area contributed by atoms with Crippen LogP contribution in [0.2, 0.25) is 0 Å². The largest absolute Gasteiger partial charge is 0.338 e. The molecule has 0 aliphatic carbocycles. The van der Waals surface area contributed by atoms with Crippen molar-refractivity contribution in [3.8, 4) is 0 Å². The minimum absolute atomic E-state index is 0.141. The van der Waals surface area contributed by atoms with E-state index in [-0.39, 0.29) is 12.6 Å². The van der Waals surface area contributed by atoms with Crippen LogP contribution in [0.5, 0.6) is 0 Å². The lowest BCUT2D eigenvalue weighted by molar-refractivity contribution is -0.122. The van der Waals surface area contributed by atoms with Crippen LogP contribution in [0.4, 0.5) is 15.4 Å². The highest BCUT2D eigenvalue weighted by Crippen LogP contribution is 2.18. The third-order valence-corrected chi connectivity index (χ3v) is 3.38. The Labute approximate surface area is 136 Å². The molecule has 2 aromatic heterocycles. The second-order valence-corrected chi connectivity index (χ2v) is 5.07. The third-order valence-electron chi connectivity index (χ3n) is 3.38. The summed E-state index contributed by atoms with van der Waals surface area (Å²) >= 11 is 0. The standard InChI is InChI=1S/C14H15N7O3/c1-2-15-13(23)20-10-4-3-8-11(19-10)18-9(6-16-8)7-5-17-14(24)21-12(7)22/h3-4,6-7H,2,5H2,1H3,(H2,17,21,22,24)(H2,15,18,19,20,23). The van der Waals surface area contributed by atoms with Gasteiger partial charge in [0.05, 0.1) is 17.8 Å². The molecule has 4 N–H and O–H groups in total. The quantitative estimate of drug-likeness (QED) is 0.629. The number of fused-ring (bicyclic) bond motifs is 1. The summed E-state index contributed by atoms with van der Waals surface area (Å²) in [5, 5.41) is 9.90. The molecule has 10 nitrogen and oxygen atoms in total. The van der Waals surface area contributed by atoms with Crippen LogP contribution in [-0.4, -0.2) is 46.0 Å². The van der Waals surface area contributed by atoms with E-state index in [2.05, 4.69) is 36.2 Å². The SMILES string of the molecule is CCNC(=O)Nc1ccc2ncc(C3CNC(=O)NC3=O)nc2n1. The molecule has 3 heterocycles. The van der Waals surface area contributed by atoms with E-state index in [1.165, 1.54) is 6.20 Å². The van der Waals surface area contributed by atoms with Crippen LogP contribution in [0.25, 0.3) is 11.2 Å². The van der Waals surface area contributed by atoms with Gasteiger partial charge in [-0.05, 0) is 19.1 Å². The highest BCUT2D eigenvalue weighted by Gasteiger charge is 2.29. The van der Waals surface area contributed by atoms with Crippen molar-refractivity contribution in [2.45, 2.75) is 12.8 Å². The summed E-state index contributed by atoms with van der Waals surface area (Å²) in [7, 11) is 0. The van der Waals surface area contributed by atoms with Crippen LogP contribution in [0.15, 0.2) is 18.3 Å². The minimum Gasteiger partial charge on any atom is -0.338 e. The predicted molar refractivity (Wildman–Crippen MR) is 84.3 cm³/mol. The zero-order valence-corrected chi connectivity index (χ0v) is 12.8. The van der Waals surface area contributed by atoms with Gasteiger partial charge in [0.1, 0.15) is 11.3 Å². The molecule has 3 rings (SSSR count). The van der Waals surface area contributed by atoms with E-state index >= 15 is 0 Å². The number of hydrogen-bond donors (Lipinski definition) is 4. The van der Waals surface area contributed by atoms with E-state index in [4.69, 9.17) is 0 Å². The van der Waals surface area contributed by atoms with Crippen LogP contribution in [0.3, 0.4) is 0 Å². The van der Waals surface area contributed by atoms with Crippen molar-refractivity contribution < 1.29 is 14.4 Å². The van der Waals surface area contributed by atoms with E-state index in [0.717, 1.165) is 0 Å². The van der Waals surface area contributed by atoms with Crippen molar-refractivity contribution >= 4 is 35.0 Å². The number of hydrogen-bond acceptors (Lipinski definition) is 6. The lowest BCUT2D eigenvalue weighted by atomic mass is 10.0. The van der Waals surface area contributed by atoms with Crippen molar-refractivity contribution in [2.24, 2.45) is 0 Å². The van der Waals surface area contributed by atoms with Gasteiger partial charge in [0.15, 0.2) is 5.65 Å². The van der Waals surface area contributed by atoms with Crippen molar-refractivity contribution in [3.63, 3.8) is 0 Å². The number of amides is 5. The highest BCUT2D eigenvalue weighted by atomic mass is 16.2. The van der Waals surface area contributed by atoms with E-state index in [1.807, 2.05) is 0 Å². The van der Waals surface area contributed by atoms with Gasteiger partial charge in [-0.25, -0.2) is 19.6 Å². The van der Waals surface area contributed by atoms with Crippen LogP contribution in [0, 0.1) is 0 Å². The van der Waals surface area contributed by atoms with Crippen LogP contribution >= 0.6 is 0 Å². The molecule has 0 saturated carbocycles.